The minimum Gasteiger partial charge on any atom is -0.350 e. The van der Waals surface area contributed by atoms with Gasteiger partial charge in [0.15, 0.2) is 0 Å². The normalized spacial score (nSPS) is 19.0. The van der Waals surface area contributed by atoms with E-state index in [2.05, 4.69) is 220 Å². The first-order valence-corrected chi connectivity index (χ1v) is 21.2. The largest absolute Gasteiger partial charge is 0.350 e. The average molecular weight is 780 g/mol. The molecule has 0 saturated heterocycles. The molecular formula is C56H37N5. The average Bonchev–Trinajstić information content (AvgIpc) is 4.03. The fourth-order valence-electron chi connectivity index (χ4n) is 11.4. The van der Waals surface area contributed by atoms with E-state index in [1.165, 1.54) is 82.9 Å². The zero-order chi connectivity index (χ0) is 39.8. The van der Waals surface area contributed by atoms with E-state index in [4.69, 9.17) is 4.99 Å². The molecule has 1 aromatic heterocycles. The minimum atomic E-state index is -0.590. The zero-order valence-electron chi connectivity index (χ0n) is 33.0. The lowest BCUT2D eigenvalue weighted by molar-refractivity contribution is 0.409. The Kier molecular flexibility index (Phi) is 6.61. The van der Waals surface area contributed by atoms with Gasteiger partial charge in [0.05, 0.1) is 16.7 Å². The van der Waals surface area contributed by atoms with Crippen molar-refractivity contribution in [2.24, 2.45) is 4.99 Å². The molecule has 0 amide bonds. The number of fused-ring (bicyclic) bond motifs is 8. The molecule has 286 valence electrons. The second-order valence-electron chi connectivity index (χ2n) is 16.7. The van der Waals surface area contributed by atoms with E-state index in [0.717, 1.165) is 28.2 Å². The number of hydrogen-bond acceptors (Lipinski definition) is 4. The van der Waals surface area contributed by atoms with Crippen LogP contribution < -0.4 is 15.5 Å². The van der Waals surface area contributed by atoms with Crippen molar-refractivity contribution in [3.05, 3.63) is 234 Å². The van der Waals surface area contributed by atoms with Gasteiger partial charge in [-0.1, -0.05) is 164 Å². The molecule has 2 aliphatic carbocycles. The molecule has 14 rings (SSSR count). The van der Waals surface area contributed by atoms with Crippen molar-refractivity contribution < 1.29 is 0 Å². The maximum atomic E-state index is 5.38. The Morgan fingerprint density at radius 2 is 1.16 bits per heavy atom. The predicted molar refractivity (Wildman–Crippen MR) is 249 cm³/mol. The minimum absolute atomic E-state index is 0.127. The molecule has 5 nitrogen and oxygen atoms in total. The molecule has 10 aromatic rings. The molecule has 61 heavy (non-hydrogen) atoms. The number of nitrogens with zero attached hydrogens (tertiary/aromatic N) is 3. The molecule has 3 unspecified atom stereocenters. The van der Waals surface area contributed by atoms with Crippen LogP contribution >= 0.6 is 0 Å². The van der Waals surface area contributed by atoms with Crippen LogP contribution in [0.15, 0.2) is 205 Å². The van der Waals surface area contributed by atoms with Crippen LogP contribution in [0.5, 0.6) is 0 Å². The van der Waals surface area contributed by atoms with Crippen LogP contribution in [0.3, 0.4) is 0 Å². The Morgan fingerprint density at radius 1 is 0.508 bits per heavy atom. The summed E-state index contributed by atoms with van der Waals surface area (Å²) < 4.78 is 2.53. The third-order valence-corrected chi connectivity index (χ3v) is 13.7. The van der Waals surface area contributed by atoms with Crippen LogP contribution in [0.2, 0.25) is 0 Å². The van der Waals surface area contributed by atoms with Gasteiger partial charge in [-0.15, -0.1) is 0 Å². The summed E-state index contributed by atoms with van der Waals surface area (Å²) in [5.41, 5.74) is 18.1. The number of benzene rings is 9. The highest BCUT2D eigenvalue weighted by molar-refractivity contribution is 6.32. The Hall–Kier alpha value is -7.73. The highest BCUT2D eigenvalue weighted by Gasteiger charge is 2.60. The van der Waals surface area contributed by atoms with Crippen molar-refractivity contribution in [3.8, 4) is 27.9 Å². The summed E-state index contributed by atoms with van der Waals surface area (Å²) in [6.07, 6.45) is -0.349. The lowest BCUT2D eigenvalue weighted by Crippen LogP contribution is -2.45. The fourth-order valence-corrected chi connectivity index (χ4v) is 11.4. The lowest BCUT2D eigenvalue weighted by atomic mass is 9.83. The highest BCUT2D eigenvalue weighted by Crippen LogP contribution is 2.71. The van der Waals surface area contributed by atoms with E-state index < -0.39 is 5.54 Å². The van der Waals surface area contributed by atoms with Gasteiger partial charge in [0, 0.05) is 49.8 Å². The molecule has 2 aliphatic heterocycles. The molecule has 2 N–H and O–H groups in total. The van der Waals surface area contributed by atoms with Gasteiger partial charge in [0.2, 0.25) is 0 Å². The Labute approximate surface area is 352 Å². The maximum Gasteiger partial charge on any atom is 0.131 e. The van der Waals surface area contributed by atoms with E-state index in [-0.39, 0.29) is 12.3 Å². The maximum absolute atomic E-state index is 5.38. The number of nitrogens with one attached hydrogen (secondary N) is 2. The third-order valence-electron chi connectivity index (χ3n) is 13.7. The molecule has 3 atom stereocenters. The Bertz CT molecular complexity index is 3500. The summed E-state index contributed by atoms with van der Waals surface area (Å²) in [6, 6.07) is 73.3. The van der Waals surface area contributed by atoms with Gasteiger partial charge in [-0.2, -0.15) is 0 Å². The van der Waals surface area contributed by atoms with Gasteiger partial charge >= 0.3 is 0 Å². The molecule has 9 aromatic carbocycles. The standard InChI is InChI=1S/C56H37N5/c1-4-17-34(18-5-1)53-57-54(35-19-6-2-7-20-35)59-55(58-53)36-21-14-24-38(33-36)61-46-32-16-28-42-47-41-26-11-13-31-45(41)60(37-22-8-3-9-23-37)52(47)49-43-29-15-27-40-39-25-10-12-30-44(39)56(61,50(40)43)51(49)48(42)46/h1-33,53-54,57H,(H,58,59). The molecule has 5 heteroatoms. The first kappa shape index (κ1) is 33.1. The first-order chi connectivity index (χ1) is 30.3. The van der Waals surface area contributed by atoms with Crippen molar-refractivity contribution >= 4 is 49.8 Å². The summed E-state index contributed by atoms with van der Waals surface area (Å²) in [5.74, 6) is 0.866. The van der Waals surface area contributed by atoms with Gasteiger partial charge in [-0.3, -0.25) is 5.32 Å². The van der Waals surface area contributed by atoms with Crippen LogP contribution in [0.1, 0.15) is 45.7 Å². The number of amidine groups is 1. The highest BCUT2D eigenvalue weighted by atomic mass is 15.3. The number of aromatic nitrogens is 1. The van der Waals surface area contributed by atoms with Gasteiger partial charge in [0.1, 0.15) is 23.7 Å². The van der Waals surface area contributed by atoms with Crippen molar-refractivity contribution in [1.29, 1.82) is 0 Å². The quantitative estimate of drug-likeness (QED) is 0.183. The van der Waals surface area contributed by atoms with E-state index in [0.29, 0.717) is 0 Å². The van der Waals surface area contributed by atoms with Crippen LogP contribution in [-0.4, -0.2) is 10.4 Å². The van der Waals surface area contributed by atoms with Crippen LogP contribution in [-0.2, 0) is 5.54 Å². The lowest BCUT2D eigenvalue weighted by Gasteiger charge is -2.39. The topological polar surface area (TPSA) is 44.6 Å². The van der Waals surface area contributed by atoms with Crippen LogP contribution in [0, 0.1) is 0 Å². The fraction of sp³-hybridized carbons (Fsp3) is 0.0536. The van der Waals surface area contributed by atoms with E-state index in [1.807, 2.05) is 0 Å². The molecule has 3 heterocycles. The third kappa shape index (κ3) is 4.25. The zero-order valence-corrected chi connectivity index (χ0v) is 33.0. The number of rotatable bonds is 5. The van der Waals surface area contributed by atoms with Gasteiger partial charge in [-0.25, -0.2) is 4.99 Å². The monoisotopic (exact) mass is 779 g/mol. The van der Waals surface area contributed by atoms with Crippen molar-refractivity contribution in [2.45, 2.75) is 17.9 Å². The molecule has 0 radical (unpaired) electrons. The molecule has 0 bridgehead atoms. The number of hydrogen-bond donors (Lipinski definition) is 2. The van der Waals surface area contributed by atoms with Gasteiger partial charge < -0.3 is 14.8 Å². The van der Waals surface area contributed by atoms with Crippen LogP contribution in [0.25, 0.3) is 60.5 Å². The number of anilines is 2. The molecule has 0 saturated carbocycles. The smallest absolute Gasteiger partial charge is 0.131 e. The summed E-state index contributed by atoms with van der Waals surface area (Å²) >= 11 is 0. The SMILES string of the molecule is c1ccc(C2N=C(c3cccc(N4c5cccc6c5c5c(c7c6c6ccccc6n7-c6ccccc6)-c6cccc7c6C54c4ccccc4-7)c3)NC(c3ccccc3)N2)cc1. The Balaban J connectivity index is 1.06. The Morgan fingerprint density at radius 3 is 2.02 bits per heavy atom. The van der Waals surface area contributed by atoms with Crippen molar-refractivity contribution in [2.75, 3.05) is 4.90 Å². The molecule has 4 aliphatic rings. The first-order valence-electron chi connectivity index (χ1n) is 21.2. The van der Waals surface area contributed by atoms with E-state index in [1.54, 1.807) is 0 Å². The van der Waals surface area contributed by atoms with E-state index >= 15 is 0 Å². The molecular weight excluding hydrogens is 743 g/mol. The van der Waals surface area contributed by atoms with Gasteiger partial charge in [0.25, 0.3) is 0 Å². The summed E-state index contributed by atoms with van der Waals surface area (Å²) in [5, 5.41) is 12.8. The predicted octanol–water partition coefficient (Wildman–Crippen LogP) is 12.7. The number of para-hydroxylation sites is 2. The summed E-state index contributed by atoms with van der Waals surface area (Å²) in [6.45, 7) is 0. The summed E-state index contributed by atoms with van der Waals surface area (Å²) in [4.78, 5) is 8.06. The van der Waals surface area contributed by atoms with Crippen LogP contribution in [0.4, 0.5) is 11.4 Å². The second-order valence-corrected chi connectivity index (χ2v) is 16.7. The van der Waals surface area contributed by atoms with Gasteiger partial charge in [-0.05, 0) is 75.2 Å². The molecule has 0 fully saturated rings. The second kappa shape index (κ2) is 12.2. The van der Waals surface area contributed by atoms with Crippen molar-refractivity contribution in [3.63, 3.8) is 0 Å². The number of aliphatic imine (C=N–C) groups is 1. The van der Waals surface area contributed by atoms with Crippen molar-refractivity contribution in [1.82, 2.24) is 15.2 Å². The summed E-state index contributed by atoms with van der Waals surface area (Å²) in [7, 11) is 0. The van der Waals surface area contributed by atoms with E-state index in [9.17, 15) is 0 Å². The molecule has 1 spiro atoms.